The first-order valence-corrected chi connectivity index (χ1v) is 8.37. The monoisotopic (exact) mass is 435 g/mol. The van der Waals surface area contributed by atoms with Gasteiger partial charge in [-0.3, -0.25) is 5.10 Å². The molecular weight excluding hydrogens is 421 g/mol. The van der Waals surface area contributed by atoms with Crippen molar-refractivity contribution in [1.29, 1.82) is 0 Å². The molecule has 0 aliphatic carbocycles. The van der Waals surface area contributed by atoms with Crippen LogP contribution < -0.4 is 4.74 Å². The number of benzene rings is 1. The number of H-pyrrole nitrogens is 1. The third kappa shape index (κ3) is 3.56. The second-order valence-electron chi connectivity index (χ2n) is 4.78. The first-order valence-electron chi connectivity index (χ1n) is 7.29. The number of halogens is 1. The molecule has 0 aliphatic rings. The molecule has 0 bridgehead atoms. The lowest BCUT2D eigenvalue weighted by atomic mass is 10.2. The molecular formula is C17H14IN3O3. The standard InChI is InChI=1S/C17H14IN3O3/c1-2-23-17(22)16-14(18)15(20-21-16)11-8-9-13(19-10-11)24-12-6-4-3-5-7-12/h3-10H,2H2,1H3,(H,20,21). The van der Waals surface area contributed by atoms with E-state index in [2.05, 4.69) is 37.8 Å². The van der Waals surface area contributed by atoms with E-state index in [-0.39, 0.29) is 0 Å². The van der Waals surface area contributed by atoms with E-state index in [0.29, 0.717) is 27.4 Å². The Bertz CT molecular complexity index is 832. The molecule has 0 saturated heterocycles. The molecule has 0 radical (unpaired) electrons. The molecule has 6 nitrogen and oxygen atoms in total. The van der Waals surface area contributed by atoms with Crippen LogP contribution in [0.2, 0.25) is 0 Å². The molecule has 3 aromatic rings. The Morgan fingerprint density at radius 2 is 2.00 bits per heavy atom. The van der Waals surface area contributed by atoms with Gasteiger partial charge in [0.2, 0.25) is 5.88 Å². The highest BCUT2D eigenvalue weighted by molar-refractivity contribution is 14.1. The zero-order chi connectivity index (χ0) is 16.9. The maximum atomic E-state index is 11.8. The molecule has 0 fully saturated rings. The predicted molar refractivity (Wildman–Crippen MR) is 97.0 cm³/mol. The second-order valence-corrected chi connectivity index (χ2v) is 5.86. The lowest BCUT2D eigenvalue weighted by Crippen LogP contribution is -2.06. The number of esters is 1. The molecule has 0 atom stereocenters. The fourth-order valence-electron chi connectivity index (χ4n) is 2.05. The minimum absolute atomic E-state index is 0.316. The summed E-state index contributed by atoms with van der Waals surface area (Å²) in [4.78, 5) is 16.1. The van der Waals surface area contributed by atoms with Gasteiger partial charge < -0.3 is 9.47 Å². The highest BCUT2D eigenvalue weighted by Crippen LogP contribution is 2.27. The van der Waals surface area contributed by atoms with Crippen LogP contribution in [-0.2, 0) is 4.74 Å². The van der Waals surface area contributed by atoms with Crippen molar-refractivity contribution in [3.8, 4) is 22.9 Å². The summed E-state index contributed by atoms with van der Waals surface area (Å²) < 4.78 is 11.4. The third-order valence-corrected chi connectivity index (χ3v) is 4.21. The van der Waals surface area contributed by atoms with Gasteiger partial charge in [-0.1, -0.05) is 18.2 Å². The first kappa shape index (κ1) is 16.4. The summed E-state index contributed by atoms with van der Waals surface area (Å²) in [6, 6.07) is 13.0. The van der Waals surface area contributed by atoms with Crippen LogP contribution in [0.1, 0.15) is 17.4 Å². The summed E-state index contributed by atoms with van der Waals surface area (Å²) in [5.41, 5.74) is 1.78. The van der Waals surface area contributed by atoms with Crippen LogP contribution in [0.15, 0.2) is 48.7 Å². The Morgan fingerprint density at radius 3 is 2.67 bits per heavy atom. The van der Waals surface area contributed by atoms with Gasteiger partial charge in [-0.15, -0.1) is 0 Å². The number of aromatic amines is 1. The van der Waals surface area contributed by atoms with Gasteiger partial charge in [0.15, 0.2) is 5.69 Å². The van der Waals surface area contributed by atoms with E-state index in [1.165, 1.54) is 0 Å². The molecule has 1 N–H and O–H groups in total. The third-order valence-electron chi connectivity index (χ3n) is 3.16. The van der Waals surface area contributed by atoms with Crippen molar-refractivity contribution < 1.29 is 14.3 Å². The smallest absolute Gasteiger partial charge is 0.357 e. The SMILES string of the molecule is CCOC(=O)c1[nH]nc(-c2ccc(Oc3ccccc3)nc2)c1I. The average molecular weight is 435 g/mol. The van der Waals surface area contributed by atoms with Crippen LogP contribution in [0, 0.1) is 3.57 Å². The van der Waals surface area contributed by atoms with Crippen LogP contribution in [0.3, 0.4) is 0 Å². The molecule has 3 rings (SSSR count). The fourth-order valence-corrected chi connectivity index (χ4v) is 2.82. The van der Waals surface area contributed by atoms with Crippen LogP contribution in [0.5, 0.6) is 11.6 Å². The summed E-state index contributed by atoms with van der Waals surface area (Å²) in [6.45, 7) is 2.08. The van der Waals surface area contributed by atoms with Crippen LogP contribution in [-0.4, -0.2) is 27.8 Å². The zero-order valence-corrected chi connectivity index (χ0v) is 15.0. The molecule has 7 heteroatoms. The van der Waals surface area contributed by atoms with Gasteiger partial charge in [-0.25, -0.2) is 9.78 Å². The van der Waals surface area contributed by atoms with E-state index in [0.717, 1.165) is 11.3 Å². The number of aromatic nitrogens is 3. The Hall–Kier alpha value is -2.42. The molecule has 0 saturated carbocycles. The minimum Gasteiger partial charge on any atom is -0.461 e. The Morgan fingerprint density at radius 1 is 1.21 bits per heavy atom. The van der Waals surface area contributed by atoms with E-state index in [4.69, 9.17) is 9.47 Å². The summed E-state index contributed by atoms with van der Waals surface area (Å²) >= 11 is 2.07. The maximum Gasteiger partial charge on any atom is 0.357 e. The van der Waals surface area contributed by atoms with Crippen molar-refractivity contribution in [1.82, 2.24) is 15.2 Å². The van der Waals surface area contributed by atoms with Crippen molar-refractivity contribution in [2.24, 2.45) is 0 Å². The van der Waals surface area contributed by atoms with Gasteiger partial charge in [0, 0.05) is 17.8 Å². The number of hydrogen-bond donors (Lipinski definition) is 1. The number of pyridine rings is 1. The molecule has 122 valence electrons. The molecule has 1 aromatic carbocycles. The van der Waals surface area contributed by atoms with Crippen molar-refractivity contribution >= 4 is 28.6 Å². The van der Waals surface area contributed by atoms with E-state index in [1.807, 2.05) is 36.4 Å². The van der Waals surface area contributed by atoms with E-state index in [9.17, 15) is 4.79 Å². The number of nitrogens with one attached hydrogen (secondary N) is 1. The number of para-hydroxylation sites is 1. The van der Waals surface area contributed by atoms with Gasteiger partial charge in [0.25, 0.3) is 0 Å². The number of carbonyl (C=O) groups excluding carboxylic acids is 1. The highest BCUT2D eigenvalue weighted by atomic mass is 127. The van der Waals surface area contributed by atoms with Gasteiger partial charge in [0.05, 0.1) is 10.2 Å². The number of ether oxygens (including phenoxy) is 2. The summed E-state index contributed by atoms with van der Waals surface area (Å²) in [5.74, 6) is 0.787. The molecule has 0 aliphatic heterocycles. The van der Waals surface area contributed by atoms with Crippen LogP contribution >= 0.6 is 22.6 Å². The Labute approximate surface area is 152 Å². The summed E-state index contributed by atoms with van der Waals surface area (Å²) in [5, 5.41) is 6.91. The summed E-state index contributed by atoms with van der Waals surface area (Å²) in [6.07, 6.45) is 1.66. The predicted octanol–water partition coefficient (Wildman–Crippen LogP) is 4.05. The molecule has 0 amide bonds. The first-order chi connectivity index (χ1) is 11.7. The lowest BCUT2D eigenvalue weighted by Gasteiger charge is -2.05. The molecule has 0 unspecified atom stereocenters. The number of carbonyl (C=O) groups is 1. The minimum atomic E-state index is -0.419. The molecule has 0 spiro atoms. The Kier molecular flexibility index (Phi) is 5.09. The zero-order valence-electron chi connectivity index (χ0n) is 12.8. The number of nitrogens with zero attached hydrogens (tertiary/aromatic N) is 2. The normalized spacial score (nSPS) is 10.4. The van der Waals surface area contributed by atoms with E-state index in [1.54, 1.807) is 19.2 Å². The largest absolute Gasteiger partial charge is 0.461 e. The topological polar surface area (TPSA) is 77.1 Å². The lowest BCUT2D eigenvalue weighted by molar-refractivity contribution is 0.0518. The maximum absolute atomic E-state index is 11.8. The van der Waals surface area contributed by atoms with Gasteiger partial charge in [-0.05, 0) is 47.7 Å². The molecule has 2 aromatic heterocycles. The van der Waals surface area contributed by atoms with E-state index >= 15 is 0 Å². The number of rotatable bonds is 5. The molecule has 24 heavy (non-hydrogen) atoms. The van der Waals surface area contributed by atoms with Gasteiger partial charge >= 0.3 is 5.97 Å². The van der Waals surface area contributed by atoms with Gasteiger partial charge in [-0.2, -0.15) is 5.10 Å². The fraction of sp³-hybridized carbons (Fsp3) is 0.118. The highest BCUT2D eigenvalue weighted by Gasteiger charge is 2.19. The van der Waals surface area contributed by atoms with E-state index < -0.39 is 5.97 Å². The number of hydrogen-bond acceptors (Lipinski definition) is 5. The average Bonchev–Trinajstić information content (AvgIpc) is 2.98. The molecule has 2 heterocycles. The van der Waals surface area contributed by atoms with Crippen LogP contribution in [0.4, 0.5) is 0 Å². The Balaban J connectivity index is 1.80. The second kappa shape index (κ2) is 7.43. The quantitative estimate of drug-likeness (QED) is 0.484. The van der Waals surface area contributed by atoms with Gasteiger partial charge in [0.1, 0.15) is 11.4 Å². The van der Waals surface area contributed by atoms with Crippen LogP contribution in [0.25, 0.3) is 11.3 Å². The van der Waals surface area contributed by atoms with Crippen molar-refractivity contribution in [2.75, 3.05) is 6.61 Å². The van der Waals surface area contributed by atoms with Crippen molar-refractivity contribution in [2.45, 2.75) is 6.92 Å². The van der Waals surface area contributed by atoms with Crippen molar-refractivity contribution in [3.05, 3.63) is 57.9 Å². The van der Waals surface area contributed by atoms with Crippen molar-refractivity contribution in [3.63, 3.8) is 0 Å². The summed E-state index contributed by atoms with van der Waals surface area (Å²) in [7, 11) is 0.